The Hall–Kier alpha value is -1.63. The summed E-state index contributed by atoms with van der Waals surface area (Å²) in [7, 11) is 5.28. The van der Waals surface area contributed by atoms with Crippen LogP contribution in [0.3, 0.4) is 0 Å². The van der Waals surface area contributed by atoms with Crippen LogP contribution >= 0.6 is 0 Å². The zero-order chi connectivity index (χ0) is 17.5. The molecule has 0 rings (SSSR count). The van der Waals surface area contributed by atoms with Crippen LogP contribution in [0.15, 0.2) is 0 Å². The summed E-state index contributed by atoms with van der Waals surface area (Å²) in [6, 6.07) is 0. The van der Waals surface area contributed by atoms with Gasteiger partial charge in [-0.05, 0) is 34.5 Å². The molecule has 0 aliphatic rings. The molecule has 0 fully saturated rings. The molecule has 0 aromatic rings. The van der Waals surface area contributed by atoms with E-state index in [1.165, 1.54) is 21.0 Å². The van der Waals surface area contributed by atoms with Crippen LogP contribution in [0.4, 0.5) is 0 Å². The third kappa shape index (κ3) is 16.3. The SMILES string of the molecule is CC.CCN(C)C.COC(=O)COC(=O)C(C)(C)OC=O. The smallest absolute Gasteiger partial charge is 0.350 e. The van der Waals surface area contributed by atoms with E-state index in [-0.39, 0.29) is 6.47 Å². The number of carbonyl (C=O) groups excluding carboxylic acids is 3. The Morgan fingerprint density at radius 3 is 1.90 bits per heavy atom. The summed E-state index contributed by atoms with van der Waals surface area (Å²) in [5.74, 6) is -1.49. The first kappa shape index (κ1) is 24.4. The minimum absolute atomic E-state index is 0.138. The first-order valence-corrected chi connectivity index (χ1v) is 6.71. The monoisotopic (exact) mass is 307 g/mol. The molecule has 0 spiro atoms. The maximum absolute atomic E-state index is 11.2. The Kier molecular flexibility index (Phi) is 17.2. The van der Waals surface area contributed by atoms with E-state index >= 15 is 0 Å². The molecular weight excluding hydrogens is 278 g/mol. The molecule has 0 aromatic carbocycles. The Labute approximate surface area is 127 Å². The summed E-state index contributed by atoms with van der Waals surface area (Å²) in [6.45, 7) is 9.60. The van der Waals surface area contributed by atoms with Gasteiger partial charge in [0, 0.05) is 0 Å². The van der Waals surface area contributed by atoms with Crippen molar-refractivity contribution >= 4 is 18.4 Å². The summed E-state index contributed by atoms with van der Waals surface area (Å²) >= 11 is 0. The topological polar surface area (TPSA) is 82.1 Å². The van der Waals surface area contributed by atoms with Crippen LogP contribution < -0.4 is 0 Å². The molecule has 0 aromatic heterocycles. The third-order valence-electron chi connectivity index (χ3n) is 2.02. The number of methoxy groups -OCH3 is 1. The minimum Gasteiger partial charge on any atom is -0.466 e. The van der Waals surface area contributed by atoms with Crippen molar-refractivity contribution in [2.24, 2.45) is 0 Å². The van der Waals surface area contributed by atoms with E-state index in [0.717, 1.165) is 6.54 Å². The normalized spacial score (nSPS) is 9.38. The van der Waals surface area contributed by atoms with Crippen molar-refractivity contribution in [1.29, 1.82) is 0 Å². The molecule has 0 bridgehead atoms. The largest absolute Gasteiger partial charge is 0.466 e. The number of esters is 2. The maximum atomic E-state index is 11.2. The Morgan fingerprint density at radius 2 is 1.62 bits per heavy atom. The summed E-state index contributed by atoms with van der Waals surface area (Å²) in [4.78, 5) is 33.9. The quantitative estimate of drug-likeness (QED) is 0.415. The standard InChI is InChI=1S/C8H12O6.C4H11N.C2H6/c1-8(2,14-5-9)7(11)13-4-6(10)12-3;1-4-5(2)3;1-2/h5H,4H2,1-3H3;4H2,1-3H3;1-2H3. The van der Waals surface area contributed by atoms with E-state index in [2.05, 4.69) is 40.1 Å². The molecule has 0 aliphatic heterocycles. The summed E-state index contributed by atoms with van der Waals surface area (Å²) in [5.41, 5.74) is -1.39. The number of ether oxygens (including phenoxy) is 3. The highest BCUT2D eigenvalue weighted by atomic mass is 16.6. The molecule has 0 saturated heterocycles. The molecule has 0 aliphatic carbocycles. The van der Waals surface area contributed by atoms with E-state index in [1.807, 2.05) is 13.8 Å². The van der Waals surface area contributed by atoms with Crippen molar-refractivity contribution in [3.63, 3.8) is 0 Å². The van der Waals surface area contributed by atoms with Gasteiger partial charge in [0.05, 0.1) is 7.11 Å². The molecule has 7 heteroatoms. The van der Waals surface area contributed by atoms with E-state index in [0.29, 0.717) is 0 Å². The second-order valence-corrected chi connectivity index (χ2v) is 4.27. The van der Waals surface area contributed by atoms with E-state index in [9.17, 15) is 14.4 Å². The van der Waals surface area contributed by atoms with Gasteiger partial charge < -0.3 is 19.1 Å². The van der Waals surface area contributed by atoms with Crippen LogP contribution in [0.1, 0.15) is 34.6 Å². The van der Waals surface area contributed by atoms with Crippen molar-refractivity contribution in [2.75, 3.05) is 34.4 Å². The van der Waals surface area contributed by atoms with Crippen LogP contribution in [0.2, 0.25) is 0 Å². The van der Waals surface area contributed by atoms with Gasteiger partial charge in [-0.3, -0.25) is 4.79 Å². The first-order valence-electron chi connectivity index (χ1n) is 6.71. The average Bonchev–Trinajstić information content (AvgIpc) is 2.46. The Morgan fingerprint density at radius 1 is 1.19 bits per heavy atom. The number of nitrogens with zero attached hydrogens (tertiary/aromatic N) is 1. The fraction of sp³-hybridized carbons (Fsp3) is 0.786. The summed E-state index contributed by atoms with van der Waals surface area (Å²) in [5, 5.41) is 0. The highest BCUT2D eigenvalue weighted by Gasteiger charge is 2.31. The van der Waals surface area contributed by atoms with Crippen LogP contribution in [-0.4, -0.2) is 63.3 Å². The molecule has 7 nitrogen and oxygen atoms in total. The molecule has 0 amide bonds. The lowest BCUT2D eigenvalue weighted by atomic mass is 10.1. The lowest BCUT2D eigenvalue weighted by molar-refractivity contribution is -0.175. The molecule has 21 heavy (non-hydrogen) atoms. The van der Waals surface area contributed by atoms with Crippen molar-refractivity contribution in [3.8, 4) is 0 Å². The zero-order valence-electron chi connectivity index (χ0n) is 14.4. The summed E-state index contributed by atoms with van der Waals surface area (Å²) in [6.07, 6.45) is 0. The highest BCUT2D eigenvalue weighted by Crippen LogP contribution is 2.09. The second-order valence-electron chi connectivity index (χ2n) is 4.27. The van der Waals surface area contributed by atoms with Crippen LogP contribution in [0, 0.1) is 0 Å². The highest BCUT2D eigenvalue weighted by molar-refractivity contribution is 5.82. The molecule has 0 unspecified atom stereocenters. The van der Waals surface area contributed by atoms with Gasteiger partial charge in [0.2, 0.25) is 5.60 Å². The van der Waals surface area contributed by atoms with Gasteiger partial charge in [0.1, 0.15) is 0 Å². The van der Waals surface area contributed by atoms with Crippen LogP contribution in [-0.2, 0) is 28.6 Å². The van der Waals surface area contributed by atoms with Crippen molar-refractivity contribution in [1.82, 2.24) is 4.90 Å². The molecule has 126 valence electrons. The second kappa shape index (κ2) is 14.8. The predicted molar refractivity (Wildman–Crippen MR) is 79.8 cm³/mol. The van der Waals surface area contributed by atoms with E-state index in [4.69, 9.17) is 0 Å². The van der Waals surface area contributed by atoms with Gasteiger partial charge >= 0.3 is 11.9 Å². The fourth-order valence-corrected chi connectivity index (χ4v) is 0.526. The number of carbonyl (C=O) groups is 3. The molecule has 0 heterocycles. The molecule has 0 N–H and O–H groups in total. The fourth-order valence-electron chi connectivity index (χ4n) is 0.526. The van der Waals surface area contributed by atoms with Gasteiger partial charge in [-0.2, -0.15) is 0 Å². The lowest BCUT2D eigenvalue weighted by Crippen LogP contribution is -2.37. The van der Waals surface area contributed by atoms with E-state index in [1.54, 1.807) is 0 Å². The van der Waals surface area contributed by atoms with Crippen molar-refractivity contribution in [2.45, 2.75) is 40.2 Å². The van der Waals surface area contributed by atoms with Crippen molar-refractivity contribution < 1.29 is 28.6 Å². The molecule has 0 radical (unpaired) electrons. The Balaban J connectivity index is -0.000000389. The minimum atomic E-state index is -1.39. The first-order chi connectivity index (χ1) is 9.71. The lowest BCUT2D eigenvalue weighted by Gasteiger charge is -2.19. The number of rotatable bonds is 6. The number of hydrogen-bond donors (Lipinski definition) is 0. The van der Waals surface area contributed by atoms with Gasteiger partial charge in [0.25, 0.3) is 6.47 Å². The molecule has 0 atom stereocenters. The van der Waals surface area contributed by atoms with Gasteiger partial charge in [-0.15, -0.1) is 0 Å². The molecular formula is C14H29NO6. The third-order valence-corrected chi connectivity index (χ3v) is 2.02. The number of hydrogen-bond acceptors (Lipinski definition) is 7. The van der Waals surface area contributed by atoms with Crippen molar-refractivity contribution in [3.05, 3.63) is 0 Å². The maximum Gasteiger partial charge on any atom is 0.350 e. The van der Waals surface area contributed by atoms with Crippen LogP contribution in [0.25, 0.3) is 0 Å². The van der Waals surface area contributed by atoms with Gasteiger partial charge in [-0.1, -0.05) is 20.8 Å². The predicted octanol–water partition coefficient (Wildman–Crippen LogP) is 1.25. The Bertz CT molecular complexity index is 289. The van der Waals surface area contributed by atoms with E-state index < -0.39 is 24.1 Å². The van der Waals surface area contributed by atoms with Crippen LogP contribution in [0.5, 0.6) is 0 Å². The van der Waals surface area contributed by atoms with Gasteiger partial charge in [0.15, 0.2) is 6.61 Å². The summed E-state index contributed by atoms with van der Waals surface area (Å²) < 4.78 is 13.2. The van der Waals surface area contributed by atoms with Gasteiger partial charge in [-0.25, -0.2) is 9.59 Å². The zero-order valence-corrected chi connectivity index (χ0v) is 14.4. The molecule has 0 saturated carbocycles. The average molecular weight is 307 g/mol.